The van der Waals surface area contributed by atoms with Crippen molar-refractivity contribution >= 4 is 5.91 Å². The summed E-state index contributed by atoms with van der Waals surface area (Å²) in [6.07, 6.45) is 15.7. The first-order chi connectivity index (χ1) is 13.2. The molecular formula is C24H41NO3. The molecule has 4 nitrogen and oxygen atoms in total. The molecule has 28 heavy (non-hydrogen) atoms. The van der Waals surface area contributed by atoms with Gasteiger partial charge in [-0.05, 0) is 63.7 Å². The fraction of sp³-hybridized carbons (Fsp3) is 0.792. The Balaban J connectivity index is 1.78. The minimum atomic E-state index is -0.640. The number of carbonyl (C=O) groups is 1. The molecule has 0 radical (unpaired) electrons. The van der Waals surface area contributed by atoms with E-state index in [1.807, 2.05) is 21.0 Å². The molecule has 0 spiro atoms. The molecule has 1 fully saturated rings. The molecule has 0 saturated heterocycles. The Morgan fingerprint density at radius 1 is 1.32 bits per heavy atom. The van der Waals surface area contributed by atoms with Crippen LogP contribution in [0.2, 0.25) is 0 Å². The smallest absolute Gasteiger partial charge is 0.222 e. The van der Waals surface area contributed by atoms with Crippen LogP contribution >= 0.6 is 0 Å². The van der Waals surface area contributed by atoms with Gasteiger partial charge >= 0.3 is 0 Å². The lowest BCUT2D eigenvalue weighted by Gasteiger charge is -2.22. The van der Waals surface area contributed by atoms with Crippen molar-refractivity contribution in [1.29, 1.82) is 0 Å². The second-order valence-corrected chi connectivity index (χ2v) is 9.47. The quantitative estimate of drug-likeness (QED) is 0.404. The van der Waals surface area contributed by atoms with Crippen LogP contribution in [0.5, 0.6) is 0 Å². The minimum absolute atomic E-state index is 0.205. The number of rotatable bonds is 11. The van der Waals surface area contributed by atoms with Crippen LogP contribution in [0.15, 0.2) is 23.8 Å². The Morgan fingerprint density at radius 2 is 2.07 bits per heavy atom. The van der Waals surface area contributed by atoms with Gasteiger partial charge in [-0.2, -0.15) is 0 Å². The second-order valence-electron chi connectivity index (χ2n) is 9.47. The molecule has 0 aromatic rings. The van der Waals surface area contributed by atoms with Gasteiger partial charge in [-0.3, -0.25) is 4.79 Å². The normalized spacial score (nSPS) is 29.0. The fourth-order valence-electron chi connectivity index (χ4n) is 4.78. The van der Waals surface area contributed by atoms with E-state index in [0.717, 1.165) is 51.4 Å². The van der Waals surface area contributed by atoms with E-state index in [1.165, 1.54) is 5.57 Å². The first kappa shape index (κ1) is 23.2. The number of aliphatic hydroxyl groups excluding tert-OH is 1. The lowest BCUT2D eigenvalue weighted by Crippen LogP contribution is -2.23. The van der Waals surface area contributed by atoms with Gasteiger partial charge < -0.3 is 15.1 Å². The predicted molar refractivity (Wildman–Crippen MR) is 115 cm³/mol. The van der Waals surface area contributed by atoms with Gasteiger partial charge in [-0.1, -0.05) is 43.6 Å². The number of allylic oxidation sites excluding steroid dienone is 2. The Hall–Kier alpha value is -1.13. The molecule has 2 aliphatic carbocycles. The Morgan fingerprint density at radius 3 is 2.75 bits per heavy atom. The summed E-state index contributed by atoms with van der Waals surface area (Å²) >= 11 is 0. The minimum Gasteiger partial charge on any atom is -0.392 e. The number of carbonyl (C=O) groups excluding carboxylic acids is 1. The number of aliphatic hydroxyl groups is 2. The van der Waals surface area contributed by atoms with Gasteiger partial charge in [-0.25, -0.2) is 0 Å². The van der Waals surface area contributed by atoms with Crippen LogP contribution < -0.4 is 0 Å². The third-order valence-corrected chi connectivity index (χ3v) is 6.57. The molecule has 5 atom stereocenters. The molecule has 2 aliphatic rings. The third-order valence-electron chi connectivity index (χ3n) is 6.57. The van der Waals surface area contributed by atoms with Crippen molar-refractivity contribution in [3.8, 4) is 0 Å². The highest BCUT2D eigenvalue weighted by Gasteiger charge is 2.43. The molecule has 4 heteroatoms. The zero-order valence-electron chi connectivity index (χ0n) is 18.4. The molecule has 0 aliphatic heterocycles. The van der Waals surface area contributed by atoms with E-state index in [9.17, 15) is 15.0 Å². The van der Waals surface area contributed by atoms with Crippen LogP contribution in [-0.2, 0) is 4.79 Å². The maximum absolute atomic E-state index is 11.7. The molecule has 1 saturated carbocycles. The maximum Gasteiger partial charge on any atom is 0.222 e. The molecule has 0 aromatic carbocycles. The van der Waals surface area contributed by atoms with Crippen molar-refractivity contribution in [1.82, 2.24) is 4.90 Å². The van der Waals surface area contributed by atoms with Gasteiger partial charge in [0, 0.05) is 26.4 Å². The van der Waals surface area contributed by atoms with Crippen molar-refractivity contribution in [3.05, 3.63) is 23.8 Å². The lowest BCUT2D eigenvalue weighted by molar-refractivity contribution is -0.128. The number of amides is 1. The van der Waals surface area contributed by atoms with Gasteiger partial charge in [0.2, 0.25) is 5.91 Å². The van der Waals surface area contributed by atoms with E-state index in [-0.39, 0.29) is 17.9 Å². The second kappa shape index (κ2) is 10.6. The summed E-state index contributed by atoms with van der Waals surface area (Å²) in [4.78, 5) is 13.3. The maximum atomic E-state index is 11.7. The van der Waals surface area contributed by atoms with E-state index >= 15 is 0 Å². The van der Waals surface area contributed by atoms with E-state index in [1.54, 1.807) is 4.90 Å². The number of unbranched alkanes of at least 4 members (excludes halogenated alkanes) is 2. The number of hydrogen-bond donors (Lipinski definition) is 2. The van der Waals surface area contributed by atoms with E-state index in [2.05, 4.69) is 25.2 Å². The van der Waals surface area contributed by atoms with Gasteiger partial charge in [0.25, 0.3) is 0 Å². The van der Waals surface area contributed by atoms with Crippen LogP contribution in [-0.4, -0.2) is 46.8 Å². The summed E-state index contributed by atoms with van der Waals surface area (Å²) < 4.78 is 0. The summed E-state index contributed by atoms with van der Waals surface area (Å²) in [5.41, 5.74) is 0.867. The largest absolute Gasteiger partial charge is 0.392 e. The van der Waals surface area contributed by atoms with E-state index in [0.29, 0.717) is 24.7 Å². The molecule has 0 unspecified atom stereocenters. The predicted octanol–water partition coefficient (Wildman–Crippen LogP) is 4.47. The fourth-order valence-corrected chi connectivity index (χ4v) is 4.78. The van der Waals surface area contributed by atoms with Crippen molar-refractivity contribution in [3.63, 3.8) is 0 Å². The van der Waals surface area contributed by atoms with E-state index in [4.69, 9.17) is 0 Å². The summed E-state index contributed by atoms with van der Waals surface area (Å²) in [6, 6.07) is 0. The Kier molecular flexibility index (Phi) is 8.76. The van der Waals surface area contributed by atoms with Crippen molar-refractivity contribution < 1.29 is 15.0 Å². The molecule has 2 N–H and O–H groups in total. The van der Waals surface area contributed by atoms with Crippen LogP contribution in [0.25, 0.3) is 0 Å². The highest BCUT2D eigenvalue weighted by Crippen LogP contribution is 2.48. The van der Waals surface area contributed by atoms with Gasteiger partial charge in [-0.15, -0.1) is 0 Å². The van der Waals surface area contributed by atoms with E-state index < -0.39 is 5.60 Å². The topological polar surface area (TPSA) is 60.8 Å². The lowest BCUT2D eigenvalue weighted by atomic mass is 9.87. The molecule has 0 heterocycles. The van der Waals surface area contributed by atoms with Crippen LogP contribution in [0.4, 0.5) is 0 Å². The van der Waals surface area contributed by atoms with Crippen LogP contribution in [0, 0.1) is 17.8 Å². The van der Waals surface area contributed by atoms with Gasteiger partial charge in [0.05, 0.1) is 11.7 Å². The number of hydrogen-bond acceptors (Lipinski definition) is 3. The monoisotopic (exact) mass is 391 g/mol. The number of nitrogens with zero attached hydrogens (tertiary/aromatic N) is 1. The van der Waals surface area contributed by atoms with Crippen molar-refractivity contribution in [2.24, 2.45) is 17.8 Å². The standard InChI is InChI=1S/C24H41NO3/c1-5-6-13-24(2,28)14-9-11-20-21-16-18(15-19(21)17-22(20)26)10-7-8-12-23(27)25(3)4/h9,11,15,19-22,26,28H,5-8,10,12-14,16-17H2,1-4H3/t19-,20+,21-,22+,24+/m0/s1. The van der Waals surface area contributed by atoms with Gasteiger partial charge in [0.1, 0.15) is 0 Å². The molecule has 1 amide bonds. The first-order valence-corrected chi connectivity index (χ1v) is 11.2. The highest BCUT2D eigenvalue weighted by molar-refractivity contribution is 5.75. The molecule has 160 valence electrons. The zero-order chi connectivity index (χ0) is 20.7. The van der Waals surface area contributed by atoms with Crippen LogP contribution in [0.3, 0.4) is 0 Å². The number of fused-ring (bicyclic) bond motifs is 1. The van der Waals surface area contributed by atoms with Crippen LogP contribution in [0.1, 0.15) is 78.1 Å². The average molecular weight is 392 g/mol. The van der Waals surface area contributed by atoms with Crippen molar-refractivity contribution in [2.75, 3.05) is 14.1 Å². The SMILES string of the molecule is CCCC[C@@](C)(O)CC=C[C@@H]1[C@H]2CC(CCCCC(=O)N(C)C)=C[C@H]2C[C@H]1O. The third kappa shape index (κ3) is 6.73. The summed E-state index contributed by atoms with van der Waals surface area (Å²) in [7, 11) is 3.62. The summed E-state index contributed by atoms with van der Waals surface area (Å²) in [6.45, 7) is 4.06. The summed E-state index contributed by atoms with van der Waals surface area (Å²) in [5.74, 6) is 1.41. The molecule has 0 bridgehead atoms. The average Bonchev–Trinajstić information content (AvgIpc) is 3.14. The van der Waals surface area contributed by atoms with Gasteiger partial charge in [0.15, 0.2) is 0 Å². The first-order valence-electron chi connectivity index (χ1n) is 11.2. The van der Waals surface area contributed by atoms with Crippen molar-refractivity contribution in [2.45, 2.75) is 89.8 Å². The Bertz CT molecular complexity index is 564. The zero-order valence-corrected chi connectivity index (χ0v) is 18.4. The molecule has 0 aromatic heterocycles. The molecular weight excluding hydrogens is 350 g/mol. The summed E-state index contributed by atoms with van der Waals surface area (Å²) in [5, 5.41) is 21.0. The highest BCUT2D eigenvalue weighted by atomic mass is 16.3. The molecule has 2 rings (SSSR count). The Labute approximate surface area is 171 Å².